The molecule has 0 fully saturated rings. The number of ether oxygens (including phenoxy) is 1. The molecule has 0 unspecified atom stereocenters. The first-order valence-electron chi connectivity index (χ1n) is 5.20. The van der Waals surface area contributed by atoms with Gasteiger partial charge in [-0.05, 0) is 32.1 Å². The van der Waals surface area contributed by atoms with Crippen LogP contribution in [0.25, 0.3) is 0 Å². The van der Waals surface area contributed by atoms with Crippen molar-refractivity contribution in [2.24, 2.45) is 0 Å². The van der Waals surface area contributed by atoms with Gasteiger partial charge >= 0.3 is 5.97 Å². The number of rotatable bonds is 0. The zero-order valence-corrected chi connectivity index (χ0v) is 8.13. The summed E-state index contributed by atoms with van der Waals surface area (Å²) in [6, 6.07) is 0. The highest BCUT2D eigenvalue weighted by atomic mass is 16.5. The highest BCUT2D eigenvalue weighted by Crippen LogP contribution is 2.07. The summed E-state index contributed by atoms with van der Waals surface area (Å²) >= 11 is 0. The monoisotopic (exact) mass is 182 g/mol. The molecule has 0 saturated heterocycles. The van der Waals surface area contributed by atoms with Crippen LogP contribution in [0.4, 0.5) is 0 Å². The molecule has 74 valence electrons. The summed E-state index contributed by atoms with van der Waals surface area (Å²) in [4.78, 5) is 11.1. The third-order valence-corrected chi connectivity index (χ3v) is 2.20. The van der Waals surface area contributed by atoms with Crippen molar-refractivity contribution < 1.29 is 9.53 Å². The first kappa shape index (κ1) is 10.3. The average Bonchev–Trinajstić information content (AvgIpc) is 2.11. The van der Waals surface area contributed by atoms with Crippen molar-refractivity contribution in [3.8, 4) is 0 Å². The third-order valence-electron chi connectivity index (χ3n) is 2.20. The summed E-state index contributed by atoms with van der Waals surface area (Å²) in [6.45, 7) is 0.586. The Morgan fingerprint density at radius 3 is 2.62 bits per heavy atom. The number of carbonyl (C=O) groups is 1. The standard InChI is InChI=1S/C11H18O2/c12-11-9-7-5-3-1-2-4-6-8-10-13-11/h2,4H,1,3,5-10H2/b4-2-. The predicted octanol–water partition coefficient (Wildman–Crippen LogP) is 2.83. The van der Waals surface area contributed by atoms with E-state index in [2.05, 4.69) is 12.2 Å². The van der Waals surface area contributed by atoms with Crippen LogP contribution in [0.2, 0.25) is 0 Å². The van der Waals surface area contributed by atoms with Crippen LogP contribution in [-0.2, 0) is 9.53 Å². The van der Waals surface area contributed by atoms with Crippen LogP contribution in [0.15, 0.2) is 12.2 Å². The minimum absolute atomic E-state index is 0.0236. The van der Waals surface area contributed by atoms with Gasteiger partial charge in [0.05, 0.1) is 6.61 Å². The van der Waals surface area contributed by atoms with Gasteiger partial charge in [-0.1, -0.05) is 18.6 Å². The number of hydrogen-bond acceptors (Lipinski definition) is 2. The van der Waals surface area contributed by atoms with Crippen molar-refractivity contribution in [1.82, 2.24) is 0 Å². The maximum absolute atomic E-state index is 11.1. The van der Waals surface area contributed by atoms with Gasteiger partial charge in [0.1, 0.15) is 0 Å². The van der Waals surface area contributed by atoms with Gasteiger partial charge in [0, 0.05) is 6.42 Å². The SMILES string of the molecule is O=C1CCCCC/C=C\CCCO1. The van der Waals surface area contributed by atoms with Gasteiger partial charge in [0.25, 0.3) is 0 Å². The Kier molecular flexibility index (Phi) is 5.30. The van der Waals surface area contributed by atoms with Crippen molar-refractivity contribution in [2.45, 2.75) is 44.9 Å². The largest absolute Gasteiger partial charge is 0.466 e. The van der Waals surface area contributed by atoms with Gasteiger partial charge in [-0.2, -0.15) is 0 Å². The van der Waals surface area contributed by atoms with Gasteiger partial charge in [0.15, 0.2) is 0 Å². The molecule has 0 aromatic heterocycles. The zero-order valence-electron chi connectivity index (χ0n) is 8.13. The lowest BCUT2D eigenvalue weighted by molar-refractivity contribution is -0.143. The second-order valence-corrected chi connectivity index (χ2v) is 3.43. The van der Waals surface area contributed by atoms with Gasteiger partial charge in [0.2, 0.25) is 0 Å². The molecule has 1 rings (SSSR count). The zero-order chi connectivity index (χ0) is 9.36. The van der Waals surface area contributed by atoms with E-state index < -0.39 is 0 Å². The van der Waals surface area contributed by atoms with E-state index >= 15 is 0 Å². The average molecular weight is 182 g/mol. The number of esters is 1. The number of carbonyl (C=O) groups excluding carboxylic acids is 1. The number of hydrogen-bond donors (Lipinski definition) is 0. The molecule has 0 N–H and O–H groups in total. The van der Waals surface area contributed by atoms with Crippen LogP contribution >= 0.6 is 0 Å². The Morgan fingerprint density at radius 2 is 1.77 bits per heavy atom. The molecular formula is C11H18O2. The van der Waals surface area contributed by atoms with E-state index in [1.165, 1.54) is 6.42 Å². The Labute approximate surface area is 80.0 Å². The molecule has 0 atom stereocenters. The van der Waals surface area contributed by atoms with Crippen LogP contribution in [0, 0.1) is 0 Å². The minimum atomic E-state index is -0.0236. The van der Waals surface area contributed by atoms with E-state index in [1.807, 2.05) is 0 Å². The minimum Gasteiger partial charge on any atom is -0.466 e. The molecule has 1 heterocycles. The van der Waals surface area contributed by atoms with Crippen LogP contribution in [0.1, 0.15) is 44.9 Å². The Morgan fingerprint density at radius 1 is 1.00 bits per heavy atom. The van der Waals surface area contributed by atoms with Crippen molar-refractivity contribution in [1.29, 1.82) is 0 Å². The highest BCUT2D eigenvalue weighted by molar-refractivity contribution is 5.69. The number of cyclic esters (lactones) is 1. The van der Waals surface area contributed by atoms with E-state index in [0.717, 1.165) is 32.1 Å². The summed E-state index contributed by atoms with van der Waals surface area (Å²) in [7, 11) is 0. The predicted molar refractivity (Wildman–Crippen MR) is 52.4 cm³/mol. The van der Waals surface area contributed by atoms with Crippen LogP contribution in [0.3, 0.4) is 0 Å². The van der Waals surface area contributed by atoms with Crippen LogP contribution in [0.5, 0.6) is 0 Å². The Hall–Kier alpha value is -0.790. The van der Waals surface area contributed by atoms with E-state index in [4.69, 9.17) is 4.74 Å². The highest BCUT2D eigenvalue weighted by Gasteiger charge is 2.01. The van der Waals surface area contributed by atoms with E-state index in [9.17, 15) is 4.79 Å². The lowest BCUT2D eigenvalue weighted by atomic mass is 10.1. The van der Waals surface area contributed by atoms with Gasteiger partial charge in [-0.3, -0.25) is 4.79 Å². The topological polar surface area (TPSA) is 26.3 Å². The molecule has 0 aliphatic carbocycles. The van der Waals surface area contributed by atoms with Crippen molar-refractivity contribution in [3.05, 3.63) is 12.2 Å². The van der Waals surface area contributed by atoms with E-state index in [1.54, 1.807) is 0 Å². The van der Waals surface area contributed by atoms with E-state index in [-0.39, 0.29) is 5.97 Å². The fourth-order valence-corrected chi connectivity index (χ4v) is 1.40. The Balaban J connectivity index is 2.24. The molecule has 1 aliphatic heterocycles. The van der Waals surface area contributed by atoms with Crippen LogP contribution < -0.4 is 0 Å². The molecule has 13 heavy (non-hydrogen) atoms. The molecule has 0 bridgehead atoms. The third kappa shape index (κ3) is 5.45. The Bertz CT molecular complexity index is 173. The summed E-state index contributed by atoms with van der Waals surface area (Å²) in [5, 5.41) is 0. The normalized spacial score (nSPS) is 23.8. The molecule has 0 spiro atoms. The lowest BCUT2D eigenvalue weighted by Crippen LogP contribution is -2.05. The lowest BCUT2D eigenvalue weighted by Gasteiger charge is -2.04. The molecule has 0 radical (unpaired) electrons. The van der Waals surface area contributed by atoms with Gasteiger partial charge in [-0.15, -0.1) is 0 Å². The van der Waals surface area contributed by atoms with Crippen molar-refractivity contribution in [3.63, 3.8) is 0 Å². The van der Waals surface area contributed by atoms with Crippen molar-refractivity contribution in [2.75, 3.05) is 6.61 Å². The van der Waals surface area contributed by atoms with Gasteiger partial charge < -0.3 is 4.74 Å². The fraction of sp³-hybridized carbons (Fsp3) is 0.727. The maximum atomic E-state index is 11.1. The molecule has 0 aromatic rings. The molecule has 2 nitrogen and oxygen atoms in total. The molecule has 1 aliphatic rings. The number of allylic oxidation sites excluding steroid dienone is 2. The maximum Gasteiger partial charge on any atom is 0.305 e. The quantitative estimate of drug-likeness (QED) is 0.425. The molecule has 0 amide bonds. The molecule has 0 saturated carbocycles. The second-order valence-electron chi connectivity index (χ2n) is 3.43. The van der Waals surface area contributed by atoms with E-state index in [0.29, 0.717) is 13.0 Å². The summed E-state index contributed by atoms with van der Waals surface area (Å²) in [6.07, 6.45) is 11.5. The summed E-state index contributed by atoms with van der Waals surface area (Å²) in [5.41, 5.74) is 0. The second kappa shape index (κ2) is 6.70. The summed E-state index contributed by atoms with van der Waals surface area (Å²) in [5.74, 6) is -0.0236. The van der Waals surface area contributed by atoms with Gasteiger partial charge in [-0.25, -0.2) is 0 Å². The van der Waals surface area contributed by atoms with Crippen LogP contribution in [-0.4, -0.2) is 12.6 Å². The molecular weight excluding hydrogens is 164 g/mol. The van der Waals surface area contributed by atoms with Crippen molar-refractivity contribution >= 4 is 5.97 Å². The molecule has 2 heteroatoms. The fourth-order valence-electron chi connectivity index (χ4n) is 1.40. The first-order chi connectivity index (χ1) is 6.39. The smallest absolute Gasteiger partial charge is 0.305 e. The first-order valence-corrected chi connectivity index (χ1v) is 5.20. The summed E-state index contributed by atoms with van der Waals surface area (Å²) < 4.78 is 5.04. The molecule has 0 aromatic carbocycles.